The van der Waals surface area contributed by atoms with Crippen molar-refractivity contribution in [1.82, 2.24) is 4.98 Å². The largest absolute Gasteiger partial charge is 0.464 e. The SMILES string of the molecule is c1ccc(C2Nc3c(ccc4c3-c3ccccc3NC4c3ccc(-c4ccc5ncccc5c4)cc3)O2)cc1. The predicted octanol–water partition coefficient (Wildman–Crippen LogP) is 8.59. The fourth-order valence-electron chi connectivity index (χ4n) is 5.88. The number of para-hydroxylation sites is 1. The Kier molecular flexibility index (Phi) is 4.92. The van der Waals surface area contributed by atoms with E-state index in [0.717, 1.165) is 33.6 Å². The number of fused-ring (bicyclic) bond motifs is 6. The minimum atomic E-state index is -0.204. The quantitative estimate of drug-likeness (QED) is 0.254. The van der Waals surface area contributed by atoms with Crippen molar-refractivity contribution in [2.24, 2.45) is 0 Å². The number of nitrogens with one attached hydrogen (secondary N) is 2. The van der Waals surface area contributed by atoms with Crippen LogP contribution in [0.3, 0.4) is 0 Å². The van der Waals surface area contributed by atoms with Crippen molar-refractivity contribution >= 4 is 22.3 Å². The lowest BCUT2D eigenvalue weighted by atomic mass is 9.85. The summed E-state index contributed by atoms with van der Waals surface area (Å²) in [7, 11) is 0. The van der Waals surface area contributed by atoms with Crippen molar-refractivity contribution in [2.75, 3.05) is 10.6 Å². The van der Waals surface area contributed by atoms with Gasteiger partial charge in [-0.15, -0.1) is 0 Å². The average Bonchev–Trinajstić information content (AvgIpc) is 3.46. The highest BCUT2D eigenvalue weighted by Crippen LogP contribution is 2.52. The molecule has 6 aromatic rings. The molecule has 2 aliphatic rings. The smallest absolute Gasteiger partial charge is 0.196 e. The van der Waals surface area contributed by atoms with E-state index in [4.69, 9.17) is 4.74 Å². The lowest BCUT2D eigenvalue weighted by Crippen LogP contribution is -2.18. The molecule has 0 saturated heterocycles. The van der Waals surface area contributed by atoms with E-state index < -0.39 is 0 Å². The van der Waals surface area contributed by atoms with Crippen molar-refractivity contribution in [2.45, 2.75) is 12.3 Å². The molecule has 2 unspecified atom stereocenters. The van der Waals surface area contributed by atoms with Crippen LogP contribution in [0.5, 0.6) is 5.75 Å². The summed E-state index contributed by atoms with van der Waals surface area (Å²) in [5, 5.41) is 8.64. The molecule has 5 aromatic carbocycles. The third-order valence-corrected chi connectivity index (χ3v) is 7.81. The molecule has 0 spiro atoms. The van der Waals surface area contributed by atoms with E-state index in [9.17, 15) is 0 Å². The highest BCUT2D eigenvalue weighted by molar-refractivity contribution is 5.95. The van der Waals surface area contributed by atoms with Crippen molar-refractivity contribution in [3.8, 4) is 28.0 Å². The summed E-state index contributed by atoms with van der Waals surface area (Å²) in [6.07, 6.45) is 1.63. The van der Waals surface area contributed by atoms with Crippen LogP contribution in [0, 0.1) is 0 Å². The molecule has 3 heterocycles. The number of rotatable bonds is 3. The molecule has 186 valence electrons. The zero-order valence-electron chi connectivity index (χ0n) is 21.1. The Morgan fingerprint density at radius 3 is 2.36 bits per heavy atom. The maximum absolute atomic E-state index is 6.37. The van der Waals surface area contributed by atoms with Crippen LogP contribution in [0.1, 0.15) is 29.0 Å². The van der Waals surface area contributed by atoms with Gasteiger partial charge in [0.1, 0.15) is 5.75 Å². The molecule has 39 heavy (non-hydrogen) atoms. The Hall–Kier alpha value is -5.09. The third-order valence-electron chi connectivity index (χ3n) is 7.81. The van der Waals surface area contributed by atoms with Crippen molar-refractivity contribution in [3.05, 3.63) is 144 Å². The fraction of sp³-hybridized carbons (Fsp3) is 0.0571. The Labute approximate surface area is 226 Å². The van der Waals surface area contributed by atoms with Gasteiger partial charge in [0.05, 0.1) is 17.2 Å². The molecular formula is C35H25N3O. The topological polar surface area (TPSA) is 46.2 Å². The van der Waals surface area contributed by atoms with Gasteiger partial charge in [-0.25, -0.2) is 0 Å². The Bertz CT molecular complexity index is 1850. The molecule has 0 radical (unpaired) electrons. The van der Waals surface area contributed by atoms with E-state index in [2.05, 4.69) is 113 Å². The molecule has 0 aliphatic carbocycles. The number of hydrogen-bond acceptors (Lipinski definition) is 4. The standard InChI is InChI=1S/C35H25N3O/c1-2-7-24(8-3-1)35-38-34-31(39-35)19-17-28-32(34)27-10-4-5-11-30(27)37-33(28)23-14-12-22(13-15-23)25-16-18-29-26(21-25)9-6-20-36-29/h1-21,33,35,37-38H. The number of benzene rings is 5. The van der Waals surface area contributed by atoms with Crippen LogP contribution in [0.4, 0.5) is 11.4 Å². The van der Waals surface area contributed by atoms with Crippen LogP contribution in [0.25, 0.3) is 33.2 Å². The Morgan fingerprint density at radius 2 is 1.46 bits per heavy atom. The Morgan fingerprint density at radius 1 is 0.641 bits per heavy atom. The number of ether oxygens (including phenoxy) is 1. The van der Waals surface area contributed by atoms with Crippen LogP contribution in [-0.2, 0) is 0 Å². The highest BCUT2D eigenvalue weighted by Gasteiger charge is 2.33. The monoisotopic (exact) mass is 503 g/mol. The summed E-state index contributed by atoms with van der Waals surface area (Å²) in [5.41, 5.74) is 11.5. The van der Waals surface area contributed by atoms with Crippen LogP contribution in [0.15, 0.2) is 128 Å². The zero-order valence-corrected chi connectivity index (χ0v) is 21.1. The molecule has 2 aliphatic heterocycles. The molecule has 4 nitrogen and oxygen atoms in total. The van der Waals surface area contributed by atoms with Gasteiger partial charge < -0.3 is 15.4 Å². The van der Waals surface area contributed by atoms with Gasteiger partial charge >= 0.3 is 0 Å². The predicted molar refractivity (Wildman–Crippen MR) is 158 cm³/mol. The number of pyridine rings is 1. The second-order valence-electron chi connectivity index (χ2n) is 10.1. The zero-order chi connectivity index (χ0) is 25.8. The summed E-state index contributed by atoms with van der Waals surface area (Å²) in [6, 6.07) is 42.6. The molecule has 1 aromatic heterocycles. The summed E-state index contributed by atoms with van der Waals surface area (Å²) in [5.74, 6) is 0.888. The molecule has 0 fully saturated rings. The molecule has 0 amide bonds. The van der Waals surface area contributed by atoms with E-state index in [1.807, 2.05) is 30.5 Å². The second kappa shape index (κ2) is 8.74. The number of anilines is 2. The van der Waals surface area contributed by atoms with Crippen molar-refractivity contribution < 1.29 is 4.74 Å². The number of nitrogens with zero attached hydrogens (tertiary/aromatic N) is 1. The van der Waals surface area contributed by atoms with Crippen LogP contribution < -0.4 is 15.4 Å². The van der Waals surface area contributed by atoms with Gasteiger partial charge in [-0.05, 0) is 52.6 Å². The van der Waals surface area contributed by atoms with Gasteiger partial charge in [0.15, 0.2) is 6.23 Å². The van der Waals surface area contributed by atoms with Gasteiger partial charge in [-0.3, -0.25) is 4.98 Å². The summed E-state index contributed by atoms with van der Waals surface area (Å²) < 4.78 is 6.37. The first-order valence-electron chi connectivity index (χ1n) is 13.3. The van der Waals surface area contributed by atoms with Gasteiger partial charge in [0, 0.05) is 34.0 Å². The third kappa shape index (κ3) is 3.64. The summed E-state index contributed by atoms with van der Waals surface area (Å²) >= 11 is 0. The number of hydrogen-bond donors (Lipinski definition) is 2. The molecule has 2 N–H and O–H groups in total. The van der Waals surface area contributed by atoms with Gasteiger partial charge in [-0.2, -0.15) is 0 Å². The molecule has 4 heteroatoms. The lowest BCUT2D eigenvalue weighted by Gasteiger charge is -2.31. The van der Waals surface area contributed by atoms with Gasteiger partial charge in [-0.1, -0.05) is 91.0 Å². The highest BCUT2D eigenvalue weighted by atomic mass is 16.5. The van der Waals surface area contributed by atoms with E-state index >= 15 is 0 Å². The second-order valence-corrected chi connectivity index (χ2v) is 10.1. The average molecular weight is 504 g/mol. The molecule has 0 bridgehead atoms. The Balaban J connectivity index is 1.19. The minimum Gasteiger partial charge on any atom is -0.464 e. The van der Waals surface area contributed by atoms with Gasteiger partial charge in [0.2, 0.25) is 0 Å². The van der Waals surface area contributed by atoms with Crippen LogP contribution in [-0.4, -0.2) is 4.98 Å². The van der Waals surface area contributed by atoms with Crippen molar-refractivity contribution in [1.29, 1.82) is 0 Å². The maximum Gasteiger partial charge on any atom is 0.196 e. The van der Waals surface area contributed by atoms with Gasteiger partial charge in [0.25, 0.3) is 0 Å². The maximum atomic E-state index is 6.37. The van der Waals surface area contributed by atoms with Crippen LogP contribution >= 0.6 is 0 Å². The lowest BCUT2D eigenvalue weighted by molar-refractivity contribution is 0.260. The first-order valence-corrected chi connectivity index (χ1v) is 13.3. The minimum absolute atomic E-state index is 0.0210. The van der Waals surface area contributed by atoms with E-state index in [1.54, 1.807) is 0 Å². The molecule has 8 rings (SSSR count). The fourth-order valence-corrected chi connectivity index (χ4v) is 5.88. The normalized spacial score (nSPS) is 16.8. The summed E-state index contributed by atoms with van der Waals surface area (Å²) in [6.45, 7) is 0. The van der Waals surface area contributed by atoms with Crippen LogP contribution in [0.2, 0.25) is 0 Å². The van der Waals surface area contributed by atoms with E-state index in [-0.39, 0.29) is 12.3 Å². The molecule has 2 atom stereocenters. The molecular weight excluding hydrogens is 478 g/mol. The molecule has 0 saturated carbocycles. The van der Waals surface area contributed by atoms with E-state index in [1.165, 1.54) is 33.4 Å². The van der Waals surface area contributed by atoms with Crippen molar-refractivity contribution in [3.63, 3.8) is 0 Å². The first-order chi connectivity index (χ1) is 19.3. The first kappa shape index (κ1) is 21.9. The van der Waals surface area contributed by atoms with E-state index in [0.29, 0.717) is 0 Å². The summed E-state index contributed by atoms with van der Waals surface area (Å²) in [4.78, 5) is 4.46. The number of aromatic nitrogens is 1.